The molecule has 0 bridgehead atoms. The van der Waals surface area contributed by atoms with Crippen molar-refractivity contribution in [3.05, 3.63) is 209 Å². The standard InChI is InChI=1S/C24H27N5O4.C20H19N5O2.C15H16ClN3O2/c1-18-8-9-21(28(12-14-32-2)23(30)19-6-4-10-25-16-19)27-22(18)29(13-15-33-3)24(31)20-7-5-11-26-17-20;1-14-8-9-17(24(2)19(26)15-6-4-10-21-12-15)23-18(14)25(3)20(27)16-7-5-11-22-13-16;1-11-8-13(16)18-14(9-11)19(6-7-21-2)15(20)12-4-3-5-17-10-12/h4-11,16-17H,12-15H2,1-3H3;4-13H,1-3H3;3-5,8-10H,6-7H2,1-2H3. The molecule has 0 saturated heterocycles. The third-order valence-corrected chi connectivity index (χ3v) is 12.1. The van der Waals surface area contributed by atoms with Crippen LogP contribution in [0.15, 0.2) is 159 Å². The predicted molar refractivity (Wildman–Crippen MR) is 309 cm³/mol. The lowest BCUT2D eigenvalue weighted by Crippen LogP contribution is -2.37. The number of amides is 5. The number of hydrogen-bond donors (Lipinski definition) is 0. The first-order valence-corrected chi connectivity index (χ1v) is 25.6. The Morgan fingerprint density at radius 1 is 0.420 bits per heavy atom. The fourth-order valence-electron chi connectivity index (χ4n) is 7.70. The molecule has 0 spiro atoms. The maximum atomic E-state index is 13.3. The Balaban J connectivity index is 0.000000201. The van der Waals surface area contributed by atoms with Gasteiger partial charge in [0, 0.05) is 97.4 Å². The van der Waals surface area contributed by atoms with Crippen LogP contribution in [0.3, 0.4) is 0 Å². The van der Waals surface area contributed by atoms with Gasteiger partial charge >= 0.3 is 0 Å². The van der Waals surface area contributed by atoms with Crippen LogP contribution in [0.2, 0.25) is 5.15 Å². The summed E-state index contributed by atoms with van der Waals surface area (Å²) in [6.07, 6.45) is 15.6. The van der Waals surface area contributed by atoms with Gasteiger partial charge in [0.15, 0.2) is 0 Å². The fraction of sp³-hybridized carbons (Fsp3) is 0.237. The second-order valence-electron chi connectivity index (χ2n) is 17.7. The van der Waals surface area contributed by atoms with Crippen LogP contribution in [0, 0.1) is 20.8 Å². The zero-order valence-electron chi connectivity index (χ0n) is 46.2. The summed E-state index contributed by atoms with van der Waals surface area (Å²) in [5.41, 5.74) is 4.82. The summed E-state index contributed by atoms with van der Waals surface area (Å²) in [7, 11) is 8.02. The van der Waals surface area contributed by atoms with Crippen molar-refractivity contribution in [2.75, 3.05) is 99.4 Å². The van der Waals surface area contributed by atoms with Crippen LogP contribution in [-0.2, 0) is 14.2 Å². The van der Waals surface area contributed by atoms with Crippen LogP contribution < -0.4 is 24.5 Å². The molecule has 8 aromatic rings. The summed E-state index contributed by atoms with van der Waals surface area (Å²) in [6.45, 7) is 7.63. The lowest BCUT2D eigenvalue weighted by molar-refractivity contribution is 0.0966. The average Bonchev–Trinajstić information content (AvgIpc) is 3.62. The zero-order valence-corrected chi connectivity index (χ0v) is 47.0. The first-order chi connectivity index (χ1) is 39.2. The highest BCUT2D eigenvalue weighted by Gasteiger charge is 2.26. The van der Waals surface area contributed by atoms with E-state index >= 15 is 0 Å². The van der Waals surface area contributed by atoms with Gasteiger partial charge in [-0.15, -0.1) is 0 Å². The van der Waals surface area contributed by atoms with E-state index < -0.39 is 0 Å². The summed E-state index contributed by atoms with van der Waals surface area (Å²) in [6, 6.07) is 27.8. The van der Waals surface area contributed by atoms with E-state index in [2.05, 4.69) is 34.9 Å². The zero-order chi connectivity index (χ0) is 58.3. The van der Waals surface area contributed by atoms with Gasteiger partial charge in [-0.3, -0.25) is 73.4 Å². The van der Waals surface area contributed by atoms with Crippen molar-refractivity contribution in [2.24, 2.45) is 0 Å². The van der Waals surface area contributed by atoms with Crippen LogP contribution in [0.25, 0.3) is 0 Å². The minimum absolute atomic E-state index is 0.186. The molecule has 5 amide bonds. The Bertz CT molecular complexity index is 3320. The molecule has 0 aliphatic rings. The average molecular weight is 1120 g/mol. The van der Waals surface area contributed by atoms with Gasteiger partial charge in [-0.1, -0.05) is 23.7 Å². The Labute approximate surface area is 475 Å². The Morgan fingerprint density at radius 3 is 1.19 bits per heavy atom. The van der Waals surface area contributed by atoms with E-state index in [9.17, 15) is 24.0 Å². The van der Waals surface area contributed by atoms with E-state index in [1.807, 2.05) is 39.0 Å². The summed E-state index contributed by atoms with van der Waals surface area (Å²) in [5.74, 6) is 1.12. The molecule has 0 saturated carbocycles. The molecular formula is C59H62ClN13O8. The molecule has 22 heteroatoms. The van der Waals surface area contributed by atoms with Crippen LogP contribution >= 0.6 is 11.6 Å². The van der Waals surface area contributed by atoms with Gasteiger partial charge in [-0.2, -0.15) is 0 Å². The monoisotopic (exact) mass is 1120 g/mol. The number of carbonyl (C=O) groups is 5. The molecule has 21 nitrogen and oxygen atoms in total. The molecule has 8 aromatic heterocycles. The van der Waals surface area contributed by atoms with E-state index in [0.717, 1.165) is 16.7 Å². The second-order valence-corrected chi connectivity index (χ2v) is 18.1. The van der Waals surface area contributed by atoms with Crippen molar-refractivity contribution >= 4 is 70.2 Å². The Morgan fingerprint density at radius 2 is 0.778 bits per heavy atom. The molecule has 0 atom stereocenters. The maximum Gasteiger partial charge on any atom is 0.261 e. The lowest BCUT2D eigenvalue weighted by atomic mass is 10.2. The summed E-state index contributed by atoms with van der Waals surface area (Å²) in [5, 5.41) is 0.353. The van der Waals surface area contributed by atoms with E-state index in [-0.39, 0.29) is 42.6 Å². The summed E-state index contributed by atoms with van der Waals surface area (Å²) < 4.78 is 15.5. The predicted octanol–water partition coefficient (Wildman–Crippen LogP) is 8.23. The smallest absolute Gasteiger partial charge is 0.261 e. The molecule has 0 aliphatic carbocycles. The number of rotatable bonds is 19. The maximum absolute atomic E-state index is 13.3. The summed E-state index contributed by atoms with van der Waals surface area (Å²) >= 11 is 5.99. The highest BCUT2D eigenvalue weighted by atomic mass is 35.5. The van der Waals surface area contributed by atoms with Crippen molar-refractivity contribution in [3.63, 3.8) is 0 Å². The molecule has 0 aromatic carbocycles. The number of hydrogen-bond acceptors (Lipinski definition) is 16. The van der Waals surface area contributed by atoms with E-state index in [1.165, 1.54) is 45.7 Å². The molecule has 81 heavy (non-hydrogen) atoms. The van der Waals surface area contributed by atoms with E-state index in [1.54, 1.807) is 155 Å². The molecule has 8 rings (SSSR count). The molecule has 8 heterocycles. The van der Waals surface area contributed by atoms with Gasteiger partial charge in [0.1, 0.15) is 34.2 Å². The molecule has 418 valence electrons. The third kappa shape index (κ3) is 16.9. The number of aromatic nitrogens is 8. The molecule has 0 unspecified atom stereocenters. The fourth-order valence-corrected chi connectivity index (χ4v) is 7.96. The highest BCUT2D eigenvalue weighted by molar-refractivity contribution is 6.29. The number of pyridine rings is 8. The number of methoxy groups -OCH3 is 3. The van der Waals surface area contributed by atoms with E-state index in [0.29, 0.717) is 88.4 Å². The Kier molecular flexibility index (Phi) is 23.1. The van der Waals surface area contributed by atoms with Gasteiger partial charge < -0.3 is 14.2 Å². The van der Waals surface area contributed by atoms with Crippen molar-refractivity contribution in [3.8, 4) is 0 Å². The molecule has 0 radical (unpaired) electrons. The molecular weight excluding hydrogens is 1050 g/mol. The Hall–Kier alpha value is -9.28. The largest absolute Gasteiger partial charge is 0.383 e. The van der Waals surface area contributed by atoms with Crippen LogP contribution in [-0.4, -0.2) is 144 Å². The number of halogens is 1. The van der Waals surface area contributed by atoms with Crippen LogP contribution in [0.4, 0.5) is 29.1 Å². The van der Waals surface area contributed by atoms with E-state index in [4.69, 9.17) is 30.8 Å². The number of carbonyl (C=O) groups excluding carboxylic acids is 5. The normalized spacial score (nSPS) is 10.5. The van der Waals surface area contributed by atoms with Crippen LogP contribution in [0.5, 0.6) is 0 Å². The number of aryl methyl sites for hydroxylation is 3. The first kappa shape index (κ1) is 60.9. The number of ether oxygens (including phenoxy) is 3. The molecule has 0 fully saturated rings. The first-order valence-electron chi connectivity index (χ1n) is 25.2. The van der Waals surface area contributed by atoms with Crippen molar-refractivity contribution in [2.45, 2.75) is 20.8 Å². The SMILES string of the molecule is COCCN(C(=O)c1cccnc1)c1cc(C)cc(Cl)n1.COCCN(C(=O)c1cccnc1)c1ccc(C)c(N(CCOC)C(=O)c2cccnc2)n1.Cc1ccc(N(C)C(=O)c2cccnc2)nc1N(C)C(=O)c1cccnc1. The van der Waals surface area contributed by atoms with Gasteiger partial charge in [0.05, 0.1) is 67.3 Å². The second kappa shape index (κ2) is 30.8. The quantitative estimate of drug-likeness (QED) is 0.0694. The van der Waals surface area contributed by atoms with Crippen LogP contribution in [0.1, 0.15) is 68.5 Å². The van der Waals surface area contributed by atoms with Gasteiger partial charge in [-0.05, 0) is 122 Å². The van der Waals surface area contributed by atoms with Crippen molar-refractivity contribution in [1.29, 1.82) is 0 Å². The molecule has 0 aliphatic heterocycles. The summed E-state index contributed by atoms with van der Waals surface area (Å²) in [4.78, 5) is 105. The lowest BCUT2D eigenvalue weighted by Gasteiger charge is -2.26. The highest BCUT2D eigenvalue weighted by Crippen LogP contribution is 2.27. The molecule has 0 N–H and O–H groups in total. The van der Waals surface area contributed by atoms with Gasteiger partial charge in [0.2, 0.25) is 0 Å². The minimum Gasteiger partial charge on any atom is -0.383 e. The number of anilines is 5. The number of nitrogens with zero attached hydrogens (tertiary/aromatic N) is 13. The topological polar surface area (TPSA) is 232 Å². The van der Waals surface area contributed by atoms with Gasteiger partial charge in [-0.25, -0.2) is 15.0 Å². The third-order valence-electron chi connectivity index (χ3n) is 12.0. The van der Waals surface area contributed by atoms with Crippen molar-refractivity contribution in [1.82, 2.24) is 39.9 Å². The van der Waals surface area contributed by atoms with Gasteiger partial charge in [0.25, 0.3) is 29.5 Å². The minimum atomic E-state index is -0.260. The van der Waals surface area contributed by atoms with Crippen molar-refractivity contribution < 1.29 is 38.2 Å².